The van der Waals surface area contributed by atoms with Gasteiger partial charge in [0.1, 0.15) is 23.8 Å². The van der Waals surface area contributed by atoms with Crippen molar-refractivity contribution in [3.8, 4) is 17.4 Å². The summed E-state index contributed by atoms with van der Waals surface area (Å²) in [6.45, 7) is 2.21. The molecule has 0 spiro atoms. The molecule has 0 saturated carbocycles. The van der Waals surface area contributed by atoms with Gasteiger partial charge in [0, 0.05) is 4.47 Å². The molecule has 0 fully saturated rings. The van der Waals surface area contributed by atoms with Crippen LogP contribution in [0.4, 0.5) is 0 Å². The Hall–Kier alpha value is -2.01. The van der Waals surface area contributed by atoms with E-state index in [9.17, 15) is 0 Å². The lowest BCUT2D eigenvalue weighted by atomic mass is 10.3. The smallest absolute Gasteiger partial charge is 0.263 e. The van der Waals surface area contributed by atoms with Crippen LogP contribution in [0, 0.1) is 6.92 Å². The van der Waals surface area contributed by atoms with Crippen LogP contribution in [-0.4, -0.2) is 4.98 Å². The minimum Gasteiger partial charge on any atom is -0.487 e. The molecule has 5 heteroatoms. The number of hydrogen-bond acceptors (Lipinski definition) is 4. The van der Waals surface area contributed by atoms with Crippen LogP contribution in [-0.2, 0) is 6.61 Å². The predicted octanol–water partition coefficient (Wildman–Crippen LogP) is 4.58. The molecule has 0 saturated heterocycles. The van der Waals surface area contributed by atoms with E-state index in [-0.39, 0.29) is 0 Å². The highest BCUT2D eigenvalue weighted by molar-refractivity contribution is 9.10. The van der Waals surface area contributed by atoms with Gasteiger partial charge in [0.15, 0.2) is 5.76 Å². The van der Waals surface area contributed by atoms with Crippen LogP contribution in [0.5, 0.6) is 5.75 Å². The van der Waals surface area contributed by atoms with Gasteiger partial charge in [0.25, 0.3) is 5.89 Å². The third kappa shape index (κ3) is 2.77. The second-order valence-corrected chi connectivity index (χ2v) is 5.16. The molecular formula is C15H12BrNO3. The average molecular weight is 334 g/mol. The van der Waals surface area contributed by atoms with E-state index < -0.39 is 0 Å². The highest BCUT2D eigenvalue weighted by Gasteiger charge is 2.13. The van der Waals surface area contributed by atoms with Crippen molar-refractivity contribution in [3.05, 3.63) is 58.6 Å². The van der Waals surface area contributed by atoms with Crippen molar-refractivity contribution in [2.24, 2.45) is 0 Å². The number of oxazole rings is 1. The Morgan fingerprint density at radius 3 is 2.90 bits per heavy atom. The van der Waals surface area contributed by atoms with E-state index in [0.29, 0.717) is 18.3 Å². The first-order chi connectivity index (χ1) is 9.72. The van der Waals surface area contributed by atoms with Crippen LogP contribution in [0.25, 0.3) is 11.7 Å². The van der Waals surface area contributed by atoms with Gasteiger partial charge in [-0.15, -0.1) is 0 Å². The van der Waals surface area contributed by atoms with Crippen molar-refractivity contribution in [1.29, 1.82) is 0 Å². The van der Waals surface area contributed by atoms with Crippen LogP contribution in [0.3, 0.4) is 0 Å². The molecule has 4 nitrogen and oxygen atoms in total. The fraction of sp³-hybridized carbons (Fsp3) is 0.133. The second-order valence-electron chi connectivity index (χ2n) is 4.25. The molecule has 0 atom stereocenters. The Bertz CT molecular complexity index is 704. The number of rotatable bonds is 4. The molecule has 0 bridgehead atoms. The Morgan fingerprint density at radius 1 is 1.25 bits per heavy atom. The summed E-state index contributed by atoms with van der Waals surface area (Å²) < 4.78 is 17.5. The van der Waals surface area contributed by atoms with E-state index >= 15 is 0 Å². The molecule has 0 N–H and O–H groups in total. The van der Waals surface area contributed by atoms with E-state index in [1.54, 1.807) is 12.3 Å². The third-order valence-electron chi connectivity index (χ3n) is 2.80. The number of ether oxygens (including phenoxy) is 1. The van der Waals surface area contributed by atoms with Gasteiger partial charge >= 0.3 is 0 Å². The summed E-state index contributed by atoms with van der Waals surface area (Å²) in [7, 11) is 0. The van der Waals surface area contributed by atoms with Gasteiger partial charge in [-0.3, -0.25) is 0 Å². The van der Waals surface area contributed by atoms with Gasteiger partial charge < -0.3 is 13.6 Å². The number of nitrogens with zero attached hydrogens (tertiary/aromatic N) is 1. The lowest BCUT2D eigenvalue weighted by Gasteiger charge is -2.04. The van der Waals surface area contributed by atoms with Crippen molar-refractivity contribution in [1.82, 2.24) is 4.98 Å². The molecule has 0 aliphatic heterocycles. The summed E-state index contributed by atoms with van der Waals surface area (Å²) >= 11 is 3.41. The molecule has 2 aromatic heterocycles. The molecule has 1 aromatic carbocycles. The third-order valence-corrected chi connectivity index (χ3v) is 3.29. The van der Waals surface area contributed by atoms with Gasteiger partial charge in [-0.1, -0.05) is 22.0 Å². The normalized spacial score (nSPS) is 10.7. The standard InChI is InChI=1S/C15H12BrNO3/c1-10-13(9-19-12-5-2-4-11(16)8-12)17-15(20-10)14-6-3-7-18-14/h2-8H,9H2,1H3. The number of halogens is 1. The zero-order valence-corrected chi connectivity index (χ0v) is 12.4. The summed E-state index contributed by atoms with van der Waals surface area (Å²) in [4.78, 5) is 4.39. The summed E-state index contributed by atoms with van der Waals surface area (Å²) in [5.74, 6) is 2.59. The first-order valence-electron chi connectivity index (χ1n) is 6.11. The highest BCUT2D eigenvalue weighted by atomic mass is 79.9. The molecule has 2 heterocycles. The van der Waals surface area contributed by atoms with E-state index in [2.05, 4.69) is 20.9 Å². The Labute approximate surface area is 124 Å². The molecule has 102 valence electrons. The van der Waals surface area contributed by atoms with Gasteiger partial charge in [-0.05, 0) is 37.3 Å². The Balaban J connectivity index is 1.75. The molecule has 0 unspecified atom stereocenters. The topological polar surface area (TPSA) is 48.4 Å². The quantitative estimate of drug-likeness (QED) is 0.700. The van der Waals surface area contributed by atoms with Gasteiger partial charge in [-0.2, -0.15) is 0 Å². The first-order valence-corrected chi connectivity index (χ1v) is 6.90. The van der Waals surface area contributed by atoms with Crippen molar-refractivity contribution in [3.63, 3.8) is 0 Å². The molecule has 20 heavy (non-hydrogen) atoms. The first kappa shape index (κ1) is 13.0. The molecule has 0 aliphatic rings. The van der Waals surface area contributed by atoms with Gasteiger partial charge in [0.05, 0.1) is 6.26 Å². The summed E-state index contributed by atoms with van der Waals surface area (Å²) in [6, 6.07) is 11.3. The predicted molar refractivity (Wildman–Crippen MR) is 77.4 cm³/mol. The van der Waals surface area contributed by atoms with Crippen molar-refractivity contribution >= 4 is 15.9 Å². The molecule has 0 amide bonds. The zero-order valence-electron chi connectivity index (χ0n) is 10.8. The molecule has 3 rings (SSSR count). The second kappa shape index (κ2) is 5.54. The Kier molecular flexibility index (Phi) is 3.60. The SMILES string of the molecule is Cc1oc(-c2ccco2)nc1COc1cccc(Br)c1. The van der Waals surface area contributed by atoms with E-state index in [1.807, 2.05) is 37.3 Å². The fourth-order valence-corrected chi connectivity index (χ4v) is 2.15. The number of benzene rings is 1. The molecular weight excluding hydrogens is 322 g/mol. The molecule has 0 aliphatic carbocycles. The zero-order chi connectivity index (χ0) is 13.9. The molecule has 0 radical (unpaired) electrons. The number of furan rings is 1. The summed E-state index contributed by atoms with van der Waals surface area (Å²) in [5, 5.41) is 0. The Morgan fingerprint density at radius 2 is 2.15 bits per heavy atom. The van der Waals surface area contributed by atoms with Crippen LogP contribution in [0.2, 0.25) is 0 Å². The van der Waals surface area contributed by atoms with Gasteiger partial charge in [0.2, 0.25) is 0 Å². The maximum Gasteiger partial charge on any atom is 0.263 e. The van der Waals surface area contributed by atoms with E-state index in [0.717, 1.165) is 21.7 Å². The van der Waals surface area contributed by atoms with Crippen LogP contribution >= 0.6 is 15.9 Å². The fourth-order valence-electron chi connectivity index (χ4n) is 1.78. The summed E-state index contributed by atoms with van der Waals surface area (Å²) in [5.41, 5.74) is 0.761. The van der Waals surface area contributed by atoms with Crippen molar-refractivity contribution in [2.45, 2.75) is 13.5 Å². The lowest BCUT2D eigenvalue weighted by Crippen LogP contribution is -1.97. The highest BCUT2D eigenvalue weighted by Crippen LogP contribution is 2.24. The van der Waals surface area contributed by atoms with E-state index in [1.165, 1.54) is 0 Å². The van der Waals surface area contributed by atoms with Crippen LogP contribution < -0.4 is 4.74 Å². The van der Waals surface area contributed by atoms with Crippen molar-refractivity contribution in [2.75, 3.05) is 0 Å². The average Bonchev–Trinajstić information content (AvgIpc) is 3.06. The monoisotopic (exact) mass is 333 g/mol. The van der Waals surface area contributed by atoms with Crippen molar-refractivity contribution < 1.29 is 13.6 Å². The maximum atomic E-state index is 5.70. The minimum atomic E-state index is 0.354. The largest absolute Gasteiger partial charge is 0.487 e. The summed E-state index contributed by atoms with van der Waals surface area (Å²) in [6.07, 6.45) is 1.59. The number of aromatic nitrogens is 1. The maximum absolute atomic E-state index is 5.70. The van der Waals surface area contributed by atoms with Crippen LogP contribution in [0.15, 0.2) is 56.0 Å². The van der Waals surface area contributed by atoms with Gasteiger partial charge in [-0.25, -0.2) is 4.98 Å². The number of hydrogen-bond donors (Lipinski definition) is 0. The number of aryl methyl sites for hydroxylation is 1. The minimum absolute atomic E-state index is 0.354. The van der Waals surface area contributed by atoms with E-state index in [4.69, 9.17) is 13.6 Å². The lowest BCUT2D eigenvalue weighted by molar-refractivity contribution is 0.299. The van der Waals surface area contributed by atoms with Crippen LogP contribution in [0.1, 0.15) is 11.5 Å². The molecule has 3 aromatic rings.